The van der Waals surface area contributed by atoms with Crippen LogP contribution in [0.25, 0.3) is 0 Å². The highest BCUT2D eigenvalue weighted by atomic mass is 19.2. The van der Waals surface area contributed by atoms with Gasteiger partial charge in [-0.3, -0.25) is 4.79 Å². The Hall–Kier alpha value is -2.27. The number of hydrogen-bond donors (Lipinski definition) is 2. The number of fused-ring (bicyclic) bond motifs is 1. The van der Waals surface area contributed by atoms with Gasteiger partial charge in [0.15, 0.2) is 11.6 Å². The number of aliphatic hydroxyl groups is 1. The van der Waals surface area contributed by atoms with Gasteiger partial charge in [-0.1, -0.05) is 30.3 Å². The third-order valence-electron chi connectivity index (χ3n) is 4.48. The number of aryl methyl sites for hydroxylation is 1. The van der Waals surface area contributed by atoms with Gasteiger partial charge in [0.2, 0.25) is 5.91 Å². The second-order valence-electron chi connectivity index (χ2n) is 6.24. The summed E-state index contributed by atoms with van der Waals surface area (Å²) in [5.41, 5.74) is 1.26. The van der Waals surface area contributed by atoms with Crippen LogP contribution >= 0.6 is 0 Å². The molecule has 0 saturated heterocycles. The molecule has 3 nitrogen and oxygen atoms in total. The maximum absolute atomic E-state index is 13.2. The number of halogens is 2. The summed E-state index contributed by atoms with van der Waals surface area (Å²) >= 11 is 0. The molecule has 1 aliphatic carbocycles. The van der Waals surface area contributed by atoms with Crippen LogP contribution in [-0.4, -0.2) is 17.6 Å². The van der Waals surface area contributed by atoms with Gasteiger partial charge < -0.3 is 10.4 Å². The number of hydrogen-bond acceptors (Lipinski definition) is 2. The Bertz CT molecular complexity index is 763. The fourth-order valence-corrected chi connectivity index (χ4v) is 3.22. The molecule has 1 unspecified atom stereocenters. The SMILES string of the molecule is O=C(Cc1ccc(F)c(F)c1)NCC1(O)CCCc2ccccc21. The second kappa shape index (κ2) is 6.69. The highest BCUT2D eigenvalue weighted by molar-refractivity contribution is 5.78. The minimum absolute atomic E-state index is 0.0606. The third-order valence-corrected chi connectivity index (χ3v) is 4.48. The first kappa shape index (κ1) is 16.6. The van der Waals surface area contributed by atoms with E-state index < -0.39 is 17.2 Å². The number of benzene rings is 2. The van der Waals surface area contributed by atoms with E-state index in [-0.39, 0.29) is 18.9 Å². The molecule has 126 valence electrons. The van der Waals surface area contributed by atoms with Crippen LogP contribution in [0.3, 0.4) is 0 Å². The average Bonchev–Trinajstić information content (AvgIpc) is 2.57. The average molecular weight is 331 g/mol. The van der Waals surface area contributed by atoms with Crippen molar-refractivity contribution >= 4 is 5.91 Å². The van der Waals surface area contributed by atoms with E-state index in [1.54, 1.807) is 0 Å². The van der Waals surface area contributed by atoms with Crippen molar-refractivity contribution in [2.45, 2.75) is 31.3 Å². The Labute approximate surface area is 139 Å². The van der Waals surface area contributed by atoms with Crippen molar-refractivity contribution in [2.24, 2.45) is 0 Å². The third kappa shape index (κ3) is 3.46. The summed E-state index contributed by atoms with van der Waals surface area (Å²) in [6, 6.07) is 11.1. The molecule has 5 heteroatoms. The van der Waals surface area contributed by atoms with Crippen LogP contribution in [0.1, 0.15) is 29.5 Å². The normalized spacial score (nSPS) is 19.6. The standard InChI is InChI=1S/C19H19F2NO2/c20-16-8-7-13(10-17(16)21)11-18(23)22-12-19(24)9-3-5-14-4-1-2-6-15(14)19/h1-2,4,6-8,10,24H,3,5,9,11-12H2,(H,22,23). The van der Waals surface area contributed by atoms with Gasteiger partial charge in [-0.15, -0.1) is 0 Å². The molecular formula is C19H19F2NO2. The van der Waals surface area contributed by atoms with Crippen molar-refractivity contribution in [2.75, 3.05) is 6.54 Å². The number of nitrogens with one attached hydrogen (secondary N) is 1. The molecule has 0 fully saturated rings. The molecule has 2 N–H and O–H groups in total. The summed E-state index contributed by atoms with van der Waals surface area (Å²) in [4.78, 5) is 12.1. The van der Waals surface area contributed by atoms with Crippen LogP contribution in [0.4, 0.5) is 8.78 Å². The largest absolute Gasteiger partial charge is 0.383 e. The van der Waals surface area contributed by atoms with Crippen molar-refractivity contribution in [1.82, 2.24) is 5.32 Å². The van der Waals surface area contributed by atoms with Crippen molar-refractivity contribution in [3.63, 3.8) is 0 Å². The van der Waals surface area contributed by atoms with E-state index in [2.05, 4.69) is 5.32 Å². The maximum atomic E-state index is 13.2. The fourth-order valence-electron chi connectivity index (χ4n) is 3.22. The van der Waals surface area contributed by atoms with Crippen LogP contribution in [-0.2, 0) is 23.2 Å². The smallest absolute Gasteiger partial charge is 0.224 e. The maximum Gasteiger partial charge on any atom is 0.224 e. The van der Waals surface area contributed by atoms with Crippen molar-refractivity contribution < 1.29 is 18.7 Å². The Morgan fingerprint density at radius 3 is 2.75 bits per heavy atom. The highest BCUT2D eigenvalue weighted by Crippen LogP contribution is 2.34. The number of carbonyl (C=O) groups is 1. The van der Waals surface area contributed by atoms with E-state index in [9.17, 15) is 18.7 Å². The van der Waals surface area contributed by atoms with Gasteiger partial charge in [-0.2, -0.15) is 0 Å². The molecule has 0 aliphatic heterocycles. The molecule has 0 aromatic heterocycles. The van der Waals surface area contributed by atoms with E-state index in [0.717, 1.165) is 36.1 Å². The zero-order valence-corrected chi connectivity index (χ0v) is 13.2. The second-order valence-corrected chi connectivity index (χ2v) is 6.24. The summed E-state index contributed by atoms with van der Waals surface area (Å²) in [5.74, 6) is -2.25. The Balaban J connectivity index is 1.65. The molecular weight excluding hydrogens is 312 g/mol. The van der Waals surface area contributed by atoms with Crippen LogP contribution in [0.2, 0.25) is 0 Å². The van der Waals surface area contributed by atoms with Crippen LogP contribution in [0.5, 0.6) is 0 Å². The quantitative estimate of drug-likeness (QED) is 0.905. The Kier molecular flexibility index (Phi) is 4.62. The molecule has 0 saturated carbocycles. The summed E-state index contributed by atoms with van der Waals surface area (Å²) < 4.78 is 26.1. The monoisotopic (exact) mass is 331 g/mol. The molecule has 1 amide bonds. The lowest BCUT2D eigenvalue weighted by molar-refractivity contribution is -0.122. The van der Waals surface area contributed by atoms with E-state index in [0.29, 0.717) is 12.0 Å². The molecule has 1 aliphatic rings. The summed E-state index contributed by atoms with van der Waals surface area (Å²) in [5, 5.41) is 13.6. The van der Waals surface area contributed by atoms with E-state index in [1.807, 2.05) is 24.3 Å². The minimum atomic E-state index is -1.08. The van der Waals surface area contributed by atoms with Crippen molar-refractivity contribution in [3.05, 3.63) is 70.8 Å². The first-order valence-corrected chi connectivity index (χ1v) is 7.99. The lowest BCUT2D eigenvalue weighted by Crippen LogP contribution is -2.43. The van der Waals surface area contributed by atoms with Gasteiger partial charge in [-0.25, -0.2) is 8.78 Å². The van der Waals surface area contributed by atoms with E-state index in [1.165, 1.54) is 6.07 Å². The van der Waals surface area contributed by atoms with Crippen LogP contribution < -0.4 is 5.32 Å². The summed E-state index contributed by atoms with van der Waals surface area (Å²) in [7, 11) is 0. The lowest BCUT2D eigenvalue weighted by atomic mass is 9.79. The van der Waals surface area contributed by atoms with E-state index in [4.69, 9.17) is 0 Å². The number of rotatable bonds is 4. The van der Waals surface area contributed by atoms with Gasteiger partial charge in [0.1, 0.15) is 5.60 Å². The molecule has 0 radical (unpaired) electrons. The molecule has 0 bridgehead atoms. The molecule has 24 heavy (non-hydrogen) atoms. The predicted molar refractivity (Wildman–Crippen MR) is 86.3 cm³/mol. The van der Waals surface area contributed by atoms with Crippen molar-refractivity contribution in [3.8, 4) is 0 Å². The number of amides is 1. The molecule has 3 rings (SSSR count). The minimum Gasteiger partial charge on any atom is -0.383 e. The first-order chi connectivity index (χ1) is 11.5. The number of carbonyl (C=O) groups excluding carboxylic acids is 1. The van der Waals surface area contributed by atoms with Crippen LogP contribution in [0, 0.1) is 11.6 Å². The zero-order valence-electron chi connectivity index (χ0n) is 13.2. The predicted octanol–water partition coefficient (Wildman–Crippen LogP) is 2.85. The van der Waals surface area contributed by atoms with Crippen molar-refractivity contribution in [1.29, 1.82) is 0 Å². The molecule has 1 atom stereocenters. The summed E-state index contributed by atoms with van der Waals surface area (Å²) in [6.45, 7) is 0.104. The van der Waals surface area contributed by atoms with Gasteiger partial charge in [0.05, 0.1) is 13.0 Å². The van der Waals surface area contributed by atoms with Gasteiger partial charge >= 0.3 is 0 Å². The van der Waals surface area contributed by atoms with E-state index >= 15 is 0 Å². The van der Waals surface area contributed by atoms with Crippen LogP contribution in [0.15, 0.2) is 42.5 Å². The summed E-state index contributed by atoms with van der Waals surface area (Å²) in [6.07, 6.45) is 2.29. The van der Waals surface area contributed by atoms with Gasteiger partial charge in [0.25, 0.3) is 0 Å². The Morgan fingerprint density at radius 2 is 1.96 bits per heavy atom. The zero-order chi connectivity index (χ0) is 17.2. The first-order valence-electron chi connectivity index (χ1n) is 7.99. The topological polar surface area (TPSA) is 49.3 Å². The highest BCUT2D eigenvalue weighted by Gasteiger charge is 2.34. The Morgan fingerprint density at radius 1 is 1.17 bits per heavy atom. The lowest BCUT2D eigenvalue weighted by Gasteiger charge is -2.34. The fraction of sp³-hybridized carbons (Fsp3) is 0.316. The molecule has 0 heterocycles. The molecule has 2 aromatic carbocycles. The molecule has 0 spiro atoms. The van der Waals surface area contributed by atoms with Gasteiger partial charge in [-0.05, 0) is 48.1 Å². The molecule has 2 aromatic rings. The van der Waals surface area contributed by atoms with Gasteiger partial charge in [0, 0.05) is 0 Å².